The van der Waals surface area contributed by atoms with Crippen molar-refractivity contribution >= 4 is 41.6 Å². The van der Waals surface area contributed by atoms with Crippen LogP contribution in [0.25, 0.3) is 12.2 Å². The molecule has 0 fully saturated rings. The molecule has 0 saturated heterocycles. The monoisotopic (exact) mass is 412 g/mol. The molecule has 6 nitrogen and oxygen atoms in total. The number of ether oxygens (including phenoxy) is 1. The van der Waals surface area contributed by atoms with Crippen LogP contribution in [0.3, 0.4) is 0 Å². The summed E-state index contributed by atoms with van der Waals surface area (Å²) in [6.07, 6.45) is 4.92. The molecule has 1 N–H and O–H groups in total. The van der Waals surface area contributed by atoms with Crippen molar-refractivity contribution < 1.29 is 19.1 Å². The van der Waals surface area contributed by atoms with Gasteiger partial charge in [0.15, 0.2) is 3.95 Å². The normalized spacial score (nSPS) is 14.5. The Hall–Kier alpha value is -2.97. The Morgan fingerprint density at radius 2 is 2.25 bits per heavy atom. The van der Waals surface area contributed by atoms with E-state index in [-0.39, 0.29) is 11.8 Å². The van der Waals surface area contributed by atoms with Gasteiger partial charge in [0.1, 0.15) is 11.5 Å². The van der Waals surface area contributed by atoms with Crippen LogP contribution in [-0.2, 0) is 11.3 Å². The number of thiazole rings is 1. The van der Waals surface area contributed by atoms with Gasteiger partial charge in [-0.25, -0.2) is 4.99 Å². The van der Waals surface area contributed by atoms with Crippen LogP contribution in [0.5, 0.6) is 11.6 Å². The van der Waals surface area contributed by atoms with Gasteiger partial charge in [0.05, 0.1) is 29.6 Å². The molecule has 0 atom stereocenters. The molecule has 0 bridgehead atoms. The maximum atomic E-state index is 12.4. The Balaban J connectivity index is 1.74. The standard InChI is InChI=1S/C20H16N2O4S2/c1-2-25-14-5-6-16-12(9-14)8-13(18(23)21-16)10-17-19(24)22(20(27)28-17)11-15-4-3-7-26-15/h3-10,24H,2,11H2,1H3/b13-10-. The Morgan fingerprint density at radius 3 is 3.00 bits per heavy atom. The first-order valence-electron chi connectivity index (χ1n) is 8.59. The fourth-order valence-electron chi connectivity index (χ4n) is 2.86. The number of amides is 1. The maximum Gasteiger partial charge on any atom is 0.277 e. The molecule has 1 amide bonds. The highest BCUT2D eigenvalue weighted by molar-refractivity contribution is 7.73. The first-order chi connectivity index (χ1) is 13.5. The van der Waals surface area contributed by atoms with E-state index in [1.807, 2.05) is 13.0 Å². The van der Waals surface area contributed by atoms with E-state index in [1.54, 1.807) is 47.2 Å². The highest BCUT2D eigenvalue weighted by Crippen LogP contribution is 2.30. The number of benzene rings is 1. The zero-order valence-corrected chi connectivity index (χ0v) is 16.5. The molecule has 0 radical (unpaired) electrons. The molecule has 1 aromatic carbocycles. The summed E-state index contributed by atoms with van der Waals surface area (Å²) in [5, 5.41) is 12.0. The van der Waals surface area contributed by atoms with Crippen LogP contribution < -0.4 is 15.3 Å². The lowest BCUT2D eigenvalue weighted by Crippen LogP contribution is -2.30. The summed E-state index contributed by atoms with van der Waals surface area (Å²) in [4.78, 5) is 17.0. The van der Waals surface area contributed by atoms with E-state index in [0.717, 1.165) is 5.22 Å². The summed E-state index contributed by atoms with van der Waals surface area (Å²) in [5.74, 6) is 1.02. The number of hydrogen-bond donors (Lipinski definition) is 1. The van der Waals surface area contributed by atoms with Crippen molar-refractivity contribution in [2.75, 3.05) is 6.61 Å². The smallest absolute Gasteiger partial charge is 0.277 e. The minimum absolute atomic E-state index is 0.00559. The number of furan rings is 1. The van der Waals surface area contributed by atoms with Crippen molar-refractivity contribution in [1.82, 2.24) is 4.57 Å². The van der Waals surface area contributed by atoms with Gasteiger partial charge in [0.25, 0.3) is 5.91 Å². The van der Waals surface area contributed by atoms with Gasteiger partial charge in [-0.2, -0.15) is 0 Å². The first-order valence-corrected chi connectivity index (χ1v) is 9.82. The van der Waals surface area contributed by atoms with Crippen LogP contribution in [0, 0.1) is 3.95 Å². The third-order valence-electron chi connectivity index (χ3n) is 4.16. The number of aromatic nitrogens is 1. The fourth-order valence-corrected chi connectivity index (χ4v) is 4.12. The van der Waals surface area contributed by atoms with Crippen molar-refractivity contribution in [2.45, 2.75) is 13.5 Å². The van der Waals surface area contributed by atoms with Crippen LogP contribution in [0.4, 0.5) is 0 Å². The molecule has 3 heterocycles. The lowest BCUT2D eigenvalue weighted by Gasteiger charge is -2.06. The molecule has 1 aliphatic rings. The van der Waals surface area contributed by atoms with E-state index >= 15 is 0 Å². The van der Waals surface area contributed by atoms with Gasteiger partial charge in [-0.3, -0.25) is 9.36 Å². The van der Waals surface area contributed by atoms with Gasteiger partial charge in [-0.05, 0) is 61.6 Å². The van der Waals surface area contributed by atoms with Gasteiger partial charge in [-0.15, -0.1) is 11.3 Å². The van der Waals surface area contributed by atoms with E-state index in [1.165, 1.54) is 11.3 Å². The summed E-state index contributed by atoms with van der Waals surface area (Å²) >= 11 is 6.58. The zero-order valence-electron chi connectivity index (χ0n) is 14.9. The third kappa shape index (κ3) is 3.56. The van der Waals surface area contributed by atoms with E-state index < -0.39 is 0 Å². The van der Waals surface area contributed by atoms with Crippen LogP contribution in [0.2, 0.25) is 0 Å². The molecule has 0 unspecified atom stereocenters. The molecule has 2 aromatic heterocycles. The van der Waals surface area contributed by atoms with Crippen LogP contribution in [0.15, 0.2) is 51.6 Å². The maximum absolute atomic E-state index is 12.4. The third-order valence-corrected chi connectivity index (χ3v) is 5.55. The topological polar surface area (TPSA) is 77.0 Å². The van der Waals surface area contributed by atoms with Gasteiger partial charge in [0.2, 0.25) is 5.88 Å². The second kappa shape index (κ2) is 7.57. The molecule has 1 aliphatic heterocycles. The Morgan fingerprint density at radius 1 is 1.39 bits per heavy atom. The summed E-state index contributed by atoms with van der Waals surface area (Å²) in [6.45, 7) is 2.78. The van der Waals surface area contributed by atoms with Crippen LogP contribution >= 0.6 is 23.6 Å². The number of carbonyl (C=O) groups excluding carboxylic acids is 1. The molecule has 28 heavy (non-hydrogen) atoms. The van der Waals surface area contributed by atoms with Crippen molar-refractivity contribution in [3.05, 3.63) is 67.3 Å². The summed E-state index contributed by atoms with van der Waals surface area (Å²) in [5.41, 5.74) is 0.373. The minimum Gasteiger partial charge on any atom is -0.494 e. The second-order valence-electron chi connectivity index (χ2n) is 6.04. The lowest BCUT2D eigenvalue weighted by atomic mass is 10.1. The first kappa shape index (κ1) is 18.4. The van der Waals surface area contributed by atoms with Crippen molar-refractivity contribution in [1.29, 1.82) is 0 Å². The number of carbonyl (C=O) groups is 1. The number of rotatable bonds is 5. The summed E-state index contributed by atoms with van der Waals surface area (Å²) in [7, 11) is 0. The number of nitrogens with zero attached hydrogens (tertiary/aromatic N) is 2. The molecule has 3 aromatic rings. The molecular weight excluding hydrogens is 396 g/mol. The second-order valence-corrected chi connectivity index (χ2v) is 7.71. The number of fused-ring (bicyclic) bond motifs is 1. The van der Waals surface area contributed by atoms with Crippen molar-refractivity contribution in [3.63, 3.8) is 0 Å². The molecule has 0 aliphatic carbocycles. The summed E-state index contributed by atoms with van der Waals surface area (Å²) in [6, 6.07) is 8.96. The molecule has 142 valence electrons. The Kier molecular flexibility index (Phi) is 4.97. The largest absolute Gasteiger partial charge is 0.494 e. The van der Waals surface area contributed by atoms with Gasteiger partial charge in [0, 0.05) is 10.8 Å². The summed E-state index contributed by atoms with van der Waals surface area (Å²) < 4.78 is 12.9. The predicted octanol–water partition coefficient (Wildman–Crippen LogP) is 3.05. The average Bonchev–Trinajstić information content (AvgIpc) is 3.27. The average molecular weight is 412 g/mol. The zero-order chi connectivity index (χ0) is 19.7. The van der Waals surface area contributed by atoms with Crippen LogP contribution in [-0.4, -0.2) is 22.2 Å². The molecule has 0 saturated carbocycles. The Bertz CT molecular complexity index is 1250. The highest BCUT2D eigenvalue weighted by atomic mass is 32.1. The van der Waals surface area contributed by atoms with E-state index in [2.05, 4.69) is 4.99 Å². The quantitative estimate of drug-likeness (QED) is 0.515. The molecule has 0 spiro atoms. The fraction of sp³-hybridized carbons (Fsp3) is 0.150. The van der Waals surface area contributed by atoms with Crippen molar-refractivity contribution in [2.24, 2.45) is 4.99 Å². The number of hydrogen-bond acceptors (Lipinski definition) is 6. The molecule has 8 heteroatoms. The van der Waals surface area contributed by atoms with Crippen molar-refractivity contribution in [3.8, 4) is 11.6 Å². The van der Waals surface area contributed by atoms with Gasteiger partial charge >= 0.3 is 0 Å². The Labute approximate surface area is 169 Å². The van der Waals surface area contributed by atoms with Gasteiger partial charge < -0.3 is 14.3 Å². The molecular formula is C20H16N2O4S2. The highest BCUT2D eigenvalue weighted by Gasteiger charge is 2.16. The SMILES string of the molecule is CCOc1ccc2c(c1)=C/C(=C/c1sc(=S)n(Cc3ccco3)c1O)C(=O)N=2. The lowest BCUT2D eigenvalue weighted by molar-refractivity contribution is -0.114. The van der Waals surface area contributed by atoms with Gasteiger partial charge in [-0.1, -0.05) is 0 Å². The predicted molar refractivity (Wildman–Crippen MR) is 108 cm³/mol. The van der Waals surface area contributed by atoms with Crippen LogP contribution in [0.1, 0.15) is 17.6 Å². The minimum atomic E-state index is -0.368. The number of aromatic hydroxyl groups is 1. The van der Waals surface area contributed by atoms with E-state index in [0.29, 0.717) is 44.4 Å². The van der Waals surface area contributed by atoms with E-state index in [4.69, 9.17) is 21.4 Å². The molecule has 4 rings (SSSR count). The van der Waals surface area contributed by atoms with E-state index in [9.17, 15) is 9.90 Å².